The summed E-state index contributed by atoms with van der Waals surface area (Å²) in [5.74, 6) is 0.227. The van der Waals surface area contributed by atoms with Gasteiger partial charge in [-0.2, -0.15) is 0 Å². The lowest BCUT2D eigenvalue weighted by molar-refractivity contribution is 0.0496. The van der Waals surface area contributed by atoms with E-state index >= 15 is 0 Å². The molecule has 1 aliphatic rings. The van der Waals surface area contributed by atoms with E-state index in [4.69, 9.17) is 16.3 Å². The normalized spacial score (nSPS) is 20.6. The molecule has 118 valence electrons. The van der Waals surface area contributed by atoms with Crippen molar-refractivity contribution in [2.24, 2.45) is 5.92 Å². The van der Waals surface area contributed by atoms with E-state index < -0.39 is 6.10 Å². The molecule has 0 aromatic heterocycles. The monoisotopic (exact) mass is 322 g/mol. The molecule has 0 aliphatic heterocycles. The van der Waals surface area contributed by atoms with Crippen LogP contribution in [0.25, 0.3) is 6.08 Å². The van der Waals surface area contributed by atoms with Crippen LogP contribution in [0.5, 0.6) is 5.75 Å². The van der Waals surface area contributed by atoms with Crippen LogP contribution in [0.4, 0.5) is 0 Å². The second kappa shape index (κ2) is 6.90. The van der Waals surface area contributed by atoms with Crippen molar-refractivity contribution in [1.29, 1.82) is 0 Å². The molecule has 0 spiro atoms. The van der Waals surface area contributed by atoms with Crippen LogP contribution in [0.15, 0.2) is 42.4 Å². The number of hydrogen-bond acceptors (Lipinski definition) is 4. The van der Waals surface area contributed by atoms with Crippen LogP contribution in [-0.2, 0) is 4.74 Å². The number of ether oxygens (including phenoxy) is 1. The fourth-order valence-electron chi connectivity index (χ4n) is 2.42. The number of rotatable bonds is 5. The predicted molar refractivity (Wildman–Crippen MR) is 86.7 cm³/mol. The maximum Gasteiger partial charge on any atom is 0.134 e. The fourth-order valence-corrected chi connectivity index (χ4v) is 2.59. The Hall–Kier alpha value is -1.91. The van der Waals surface area contributed by atoms with Crippen molar-refractivity contribution in [3.63, 3.8) is 0 Å². The molecule has 0 heterocycles. The van der Waals surface area contributed by atoms with Gasteiger partial charge in [-0.15, -0.1) is 0 Å². The highest BCUT2D eigenvalue weighted by atomic mass is 35.5. The number of allylic oxidation sites excluding steroid dienone is 2. The topological polar surface area (TPSA) is 69.9 Å². The van der Waals surface area contributed by atoms with Crippen LogP contribution in [0.2, 0.25) is 5.02 Å². The third kappa shape index (κ3) is 3.46. The maximum absolute atomic E-state index is 9.72. The third-order valence-electron chi connectivity index (χ3n) is 3.54. The zero-order chi connectivity index (χ0) is 16.3. The molecule has 1 aromatic carbocycles. The summed E-state index contributed by atoms with van der Waals surface area (Å²) < 4.78 is 5.97. The van der Waals surface area contributed by atoms with Gasteiger partial charge in [-0.25, -0.2) is 0 Å². The quantitative estimate of drug-likeness (QED) is 0.563. The minimum atomic E-state index is -0.450. The van der Waals surface area contributed by atoms with Crippen molar-refractivity contribution in [2.75, 3.05) is 6.61 Å². The summed E-state index contributed by atoms with van der Waals surface area (Å²) >= 11 is 6.00. The summed E-state index contributed by atoms with van der Waals surface area (Å²) in [6.07, 6.45) is 5.23. The van der Waals surface area contributed by atoms with Crippen LogP contribution in [0.1, 0.15) is 30.6 Å². The van der Waals surface area contributed by atoms with E-state index in [1.807, 2.05) is 19.1 Å². The molecule has 2 rings (SSSR count). The highest BCUT2D eigenvalue weighted by Crippen LogP contribution is 2.40. The van der Waals surface area contributed by atoms with Crippen molar-refractivity contribution in [3.8, 4) is 5.75 Å². The van der Waals surface area contributed by atoms with Crippen molar-refractivity contribution in [2.45, 2.75) is 19.4 Å². The van der Waals surface area contributed by atoms with Crippen LogP contribution in [0, 0.1) is 5.92 Å². The second-order valence-electron chi connectivity index (χ2n) is 5.13. The molecule has 0 radical (unpaired) electrons. The molecule has 2 unspecified atom stereocenters. The SMILES string of the molecule is C=C(O)/C=C(\CC)OC1c2cc(Cl)c(O)cc2C=CC1CO. The summed E-state index contributed by atoms with van der Waals surface area (Å²) in [7, 11) is 0. The van der Waals surface area contributed by atoms with Crippen LogP contribution in [-0.4, -0.2) is 21.9 Å². The lowest BCUT2D eigenvalue weighted by Crippen LogP contribution is -2.21. The smallest absolute Gasteiger partial charge is 0.134 e. The number of fused-ring (bicyclic) bond motifs is 1. The van der Waals surface area contributed by atoms with Crippen molar-refractivity contribution in [1.82, 2.24) is 0 Å². The van der Waals surface area contributed by atoms with E-state index in [2.05, 4.69) is 6.58 Å². The number of halogens is 1. The van der Waals surface area contributed by atoms with Gasteiger partial charge >= 0.3 is 0 Å². The number of hydrogen-bond donors (Lipinski definition) is 3. The van der Waals surface area contributed by atoms with E-state index in [9.17, 15) is 15.3 Å². The first-order valence-electron chi connectivity index (χ1n) is 7.02. The Labute approximate surface area is 134 Å². The Morgan fingerprint density at radius 2 is 2.18 bits per heavy atom. The number of phenols is 1. The van der Waals surface area contributed by atoms with Crippen LogP contribution < -0.4 is 0 Å². The average molecular weight is 323 g/mol. The Kier molecular flexibility index (Phi) is 5.16. The van der Waals surface area contributed by atoms with E-state index in [1.165, 1.54) is 6.08 Å². The number of phenolic OH excluding ortho intramolecular Hbond substituents is 1. The molecule has 0 saturated carbocycles. The number of aromatic hydroxyl groups is 1. The van der Waals surface area contributed by atoms with E-state index in [0.29, 0.717) is 12.2 Å². The van der Waals surface area contributed by atoms with Gasteiger partial charge in [0, 0.05) is 24.0 Å². The Balaban J connectivity index is 2.42. The minimum absolute atomic E-state index is 0.00116. The van der Waals surface area contributed by atoms with Gasteiger partial charge in [0.2, 0.25) is 0 Å². The van der Waals surface area contributed by atoms with Gasteiger partial charge in [-0.1, -0.05) is 37.3 Å². The van der Waals surface area contributed by atoms with Gasteiger partial charge < -0.3 is 20.1 Å². The lowest BCUT2D eigenvalue weighted by Gasteiger charge is -2.30. The number of aliphatic hydroxyl groups is 2. The van der Waals surface area contributed by atoms with Gasteiger partial charge in [0.15, 0.2) is 0 Å². The van der Waals surface area contributed by atoms with Gasteiger partial charge in [0.25, 0.3) is 0 Å². The molecule has 5 heteroatoms. The van der Waals surface area contributed by atoms with Gasteiger partial charge in [-0.3, -0.25) is 0 Å². The van der Waals surface area contributed by atoms with E-state index in [1.54, 1.807) is 12.1 Å². The van der Waals surface area contributed by atoms with Crippen LogP contribution >= 0.6 is 11.6 Å². The van der Waals surface area contributed by atoms with Crippen LogP contribution in [0.3, 0.4) is 0 Å². The van der Waals surface area contributed by atoms with Gasteiger partial charge in [0.05, 0.1) is 11.6 Å². The van der Waals surface area contributed by atoms with Gasteiger partial charge in [0.1, 0.15) is 23.4 Å². The molecule has 0 fully saturated rings. The zero-order valence-corrected chi connectivity index (χ0v) is 13.0. The summed E-state index contributed by atoms with van der Waals surface area (Å²) in [4.78, 5) is 0. The van der Waals surface area contributed by atoms with Crippen molar-refractivity contribution >= 4 is 17.7 Å². The predicted octanol–water partition coefficient (Wildman–Crippen LogP) is 4.10. The molecule has 2 atom stereocenters. The minimum Gasteiger partial charge on any atom is -0.508 e. The Bertz CT molecular complexity index is 634. The van der Waals surface area contributed by atoms with E-state index in [-0.39, 0.29) is 29.1 Å². The molecule has 4 nitrogen and oxygen atoms in total. The van der Waals surface area contributed by atoms with Gasteiger partial charge in [-0.05, 0) is 17.7 Å². The van der Waals surface area contributed by atoms with E-state index in [0.717, 1.165) is 11.1 Å². The molecule has 0 saturated heterocycles. The molecule has 0 bridgehead atoms. The standard InChI is InChI=1S/C17H19ClO4/c1-3-13(6-10(2)20)22-17-12(9-19)5-4-11-7-16(21)15(18)8-14(11)17/h4-8,12,17,19-21H,2-3,9H2,1H3/b13-6+. The Morgan fingerprint density at radius 1 is 1.45 bits per heavy atom. The van der Waals surface area contributed by atoms with Crippen molar-refractivity contribution in [3.05, 3.63) is 58.5 Å². The first kappa shape index (κ1) is 16.5. The summed E-state index contributed by atoms with van der Waals surface area (Å²) in [5, 5.41) is 28.8. The summed E-state index contributed by atoms with van der Waals surface area (Å²) in [6.45, 7) is 5.23. The zero-order valence-electron chi connectivity index (χ0n) is 12.3. The summed E-state index contributed by atoms with van der Waals surface area (Å²) in [5.41, 5.74) is 1.57. The molecule has 0 amide bonds. The fraction of sp³-hybridized carbons (Fsp3) is 0.294. The maximum atomic E-state index is 9.72. The second-order valence-corrected chi connectivity index (χ2v) is 5.54. The van der Waals surface area contributed by atoms with Crippen molar-refractivity contribution < 1.29 is 20.1 Å². The molecule has 3 N–H and O–H groups in total. The summed E-state index contributed by atoms with van der Waals surface area (Å²) in [6, 6.07) is 3.21. The molecule has 22 heavy (non-hydrogen) atoms. The highest BCUT2D eigenvalue weighted by Gasteiger charge is 2.29. The number of benzene rings is 1. The largest absolute Gasteiger partial charge is 0.508 e. The Morgan fingerprint density at radius 3 is 2.77 bits per heavy atom. The first-order chi connectivity index (χ1) is 10.5. The molecule has 1 aliphatic carbocycles. The molecular weight excluding hydrogens is 304 g/mol. The third-order valence-corrected chi connectivity index (χ3v) is 3.84. The molecule has 1 aromatic rings. The lowest BCUT2D eigenvalue weighted by atomic mass is 9.87. The molecular formula is C17H19ClO4. The number of aliphatic hydroxyl groups excluding tert-OH is 2. The highest BCUT2D eigenvalue weighted by molar-refractivity contribution is 6.32. The first-order valence-corrected chi connectivity index (χ1v) is 7.40. The average Bonchev–Trinajstić information content (AvgIpc) is 2.48.